The number of benzene rings is 1. The van der Waals surface area contributed by atoms with Crippen LogP contribution in [0.1, 0.15) is 16.7 Å². The maximum Gasteiger partial charge on any atom is 0.416 e. The van der Waals surface area contributed by atoms with Gasteiger partial charge in [0, 0.05) is 32.4 Å². The maximum absolute atomic E-state index is 13.0. The minimum Gasteiger partial charge on any atom is -0.354 e. The van der Waals surface area contributed by atoms with E-state index in [1.54, 1.807) is 11.0 Å². The average Bonchev–Trinajstić information content (AvgIpc) is 2.72. The van der Waals surface area contributed by atoms with E-state index >= 15 is 0 Å². The van der Waals surface area contributed by atoms with Crippen molar-refractivity contribution in [3.8, 4) is 6.07 Å². The molecule has 1 fully saturated rings. The number of anilines is 1. The zero-order valence-corrected chi connectivity index (χ0v) is 16.4. The zero-order chi connectivity index (χ0) is 23.0. The standard InChI is InChI=1S/C18H14F6N4O2S/c19-17(20,21)13-7-14(18(22,23)24)9-15(8-13)31(29,30)28-5-3-27(4-6-28)16-2-1-12(10-25)11-26-16/h1-2,7-9,11H,3-6H2. The first kappa shape index (κ1) is 22.8. The molecule has 3 rings (SSSR count). The monoisotopic (exact) mass is 464 g/mol. The Bertz CT molecular complexity index is 1070. The SMILES string of the molecule is N#Cc1ccc(N2CCN(S(=O)(=O)c3cc(C(F)(F)F)cc(C(F)(F)F)c3)CC2)nc1. The van der Waals surface area contributed by atoms with Crippen LogP contribution in [-0.2, 0) is 22.4 Å². The molecule has 1 aliphatic heterocycles. The molecular formula is C18H14F6N4O2S. The summed E-state index contributed by atoms with van der Waals surface area (Å²) in [6, 6.07) is 5.28. The van der Waals surface area contributed by atoms with E-state index in [0.29, 0.717) is 11.4 Å². The number of nitriles is 1. The molecule has 13 heteroatoms. The summed E-state index contributed by atoms with van der Waals surface area (Å²) in [5.74, 6) is 0.467. The fourth-order valence-electron chi connectivity index (χ4n) is 3.02. The fourth-order valence-corrected chi connectivity index (χ4v) is 4.52. The minimum atomic E-state index is -5.15. The highest BCUT2D eigenvalue weighted by molar-refractivity contribution is 7.89. The van der Waals surface area contributed by atoms with Crippen molar-refractivity contribution in [2.75, 3.05) is 31.1 Å². The van der Waals surface area contributed by atoms with Crippen molar-refractivity contribution in [2.45, 2.75) is 17.2 Å². The van der Waals surface area contributed by atoms with E-state index in [9.17, 15) is 34.8 Å². The first-order valence-corrected chi connectivity index (χ1v) is 10.2. The first-order chi connectivity index (χ1) is 14.3. The van der Waals surface area contributed by atoms with Crippen LogP contribution in [0.4, 0.5) is 32.2 Å². The highest BCUT2D eigenvalue weighted by atomic mass is 32.2. The number of nitrogens with zero attached hydrogens (tertiary/aromatic N) is 4. The molecule has 2 heterocycles. The molecule has 166 valence electrons. The zero-order valence-electron chi connectivity index (χ0n) is 15.6. The van der Waals surface area contributed by atoms with Crippen LogP contribution in [0.15, 0.2) is 41.4 Å². The Kier molecular flexibility index (Phi) is 5.90. The van der Waals surface area contributed by atoms with E-state index in [1.807, 2.05) is 6.07 Å². The minimum absolute atomic E-state index is 0.114. The Morgan fingerprint density at radius 2 is 1.45 bits per heavy atom. The summed E-state index contributed by atoms with van der Waals surface area (Å²) in [7, 11) is -4.60. The van der Waals surface area contributed by atoms with E-state index in [1.165, 1.54) is 12.3 Å². The van der Waals surface area contributed by atoms with Crippen LogP contribution in [0.3, 0.4) is 0 Å². The van der Waals surface area contributed by atoms with Gasteiger partial charge in [0.05, 0.1) is 21.6 Å². The maximum atomic E-state index is 13.0. The highest BCUT2D eigenvalue weighted by Gasteiger charge is 2.39. The molecule has 0 saturated carbocycles. The number of pyridine rings is 1. The van der Waals surface area contributed by atoms with Crippen molar-refractivity contribution in [1.82, 2.24) is 9.29 Å². The number of hydrogen-bond acceptors (Lipinski definition) is 5. The van der Waals surface area contributed by atoms with Crippen molar-refractivity contribution in [3.05, 3.63) is 53.2 Å². The number of alkyl halides is 6. The lowest BCUT2D eigenvalue weighted by Crippen LogP contribution is -2.49. The third kappa shape index (κ3) is 4.91. The largest absolute Gasteiger partial charge is 0.416 e. The van der Waals surface area contributed by atoms with Gasteiger partial charge in [-0.2, -0.15) is 35.9 Å². The van der Waals surface area contributed by atoms with Crippen LogP contribution in [0.25, 0.3) is 0 Å². The van der Waals surface area contributed by atoms with Crippen molar-refractivity contribution in [2.24, 2.45) is 0 Å². The summed E-state index contributed by atoms with van der Waals surface area (Å²) in [6.45, 7) is -0.102. The predicted octanol–water partition coefficient (Wildman–Crippen LogP) is 3.50. The normalized spacial score (nSPS) is 16.2. The molecule has 0 aliphatic carbocycles. The van der Waals surface area contributed by atoms with Crippen LogP contribution in [0.5, 0.6) is 0 Å². The van der Waals surface area contributed by atoms with E-state index in [0.717, 1.165) is 4.31 Å². The van der Waals surface area contributed by atoms with Crippen LogP contribution in [0.2, 0.25) is 0 Å². The highest BCUT2D eigenvalue weighted by Crippen LogP contribution is 2.38. The number of halogens is 6. The molecule has 2 aromatic rings. The van der Waals surface area contributed by atoms with Gasteiger partial charge < -0.3 is 4.90 Å². The molecule has 0 unspecified atom stereocenters. The van der Waals surface area contributed by atoms with E-state index in [-0.39, 0.29) is 44.4 Å². The van der Waals surface area contributed by atoms with Gasteiger partial charge in [-0.05, 0) is 30.3 Å². The third-order valence-electron chi connectivity index (χ3n) is 4.64. The second-order valence-corrected chi connectivity index (χ2v) is 8.59. The molecule has 1 aromatic carbocycles. The van der Waals surface area contributed by atoms with E-state index in [2.05, 4.69) is 4.98 Å². The van der Waals surface area contributed by atoms with Gasteiger partial charge in [0.1, 0.15) is 11.9 Å². The Morgan fingerprint density at radius 1 is 0.903 bits per heavy atom. The van der Waals surface area contributed by atoms with Crippen LogP contribution < -0.4 is 4.90 Å². The van der Waals surface area contributed by atoms with Gasteiger partial charge in [-0.1, -0.05) is 0 Å². The summed E-state index contributed by atoms with van der Waals surface area (Å²) < 4.78 is 105. The Labute approximate surface area is 173 Å². The molecular weight excluding hydrogens is 450 g/mol. The molecule has 0 amide bonds. The van der Waals surface area contributed by atoms with Gasteiger partial charge in [0.2, 0.25) is 10.0 Å². The van der Waals surface area contributed by atoms with E-state index < -0.39 is 38.4 Å². The lowest BCUT2D eigenvalue weighted by Gasteiger charge is -2.34. The molecule has 0 spiro atoms. The van der Waals surface area contributed by atoms with Crippen molar-refractivity contribution in [1.29, 1.82) is 5.26 Å². The summed E-state index contributed by atoms with van der Waals surface area (Å²) in [6.07, 6.45) is -8.96. The number of sulfonamides is 1. The number of rotatable bonds is 3. The van der Waals surface area contributed by atoms with Gasteiger partial charge in [0.25, 0.3) is 0 Å². The van der Waals surface area contributed by atoms with Gasteiger partial charge >= 0.3 is 12.4 Å². The lowest BCUT2D eigenvalue weighted by molar-refractivity contribution is -0.143. The van der Waals surface area contributed by atoms with Crippen LogP contribution in [-0.4, -0.2) is 43.9 Å². The van der Waals surface area contributed by atoms with Gasteiger partial charge in [-0.25, -0.2) is 13.4 Å². The summed E-state index contributed by atoms with van der Waals surface area (Å²) >= 11 is 0. The van der Waals surface area contributed by atoms with Crippen LogP contribution in [0, 0.1) is 11.3 Å². The molecule has 31 heavy (non-hydrogen) atoms. The number of piperazine rings is 1. The molecule has 0 N–H and O–H groups in total. The number of aromatic nitrogens is 1. The molecule has 0 bridgehead atoms. The summed E-state index contributed by atoms with van der Waals surface area (Å²) in [5, 5.41) is 8.79. The Hall–Kier alpha value is -2.85. The lowest BCUT2D eigenvalue weighted by atomic mass is 10.1. The van der Waals surface area contributed by atoms with Crippen molar-refractivity contribution >= 4 is 15.8 Å². The average molecular weight is 464 g/mol. The van der Waals surface area contributed by atoms with E-state index in [4.69, 9.17) is 5.26 Å². The van der Waals surface area contributed by atoms with Gasteiger partial charge in [-0.3, -0.25) is 0 Å². The number of hydrogen-bond donors (Lipinski definition) is 0. The first-order valence-electron chi connectivity index (χ1n) is 8.73. The second kappa shape index (κ2) is 8.01. The Balaban J connectivity index is 1.86. The van der Waals surface area contributed by atoms with Gasteiger partial charge in [-0.15, -0.1) is 0 Å². The van der Waals surface area contributed by atoms with Crippen LogP contribution >= 0.6 is 0 Å². The smallest absolute Gasteiger partial charge is 0.354 e. The summed E-state index contributed by atoms with van der Waals surface area (Å²) in [4.78, 5) is 4.71. The fraction of sp³-hybridized carbons (Fsp3) is 0.333. The molecule has 6 nitrogen and oxygen atoms in total. The molecule has 0 atom stereocenters. The predicted molar refractivity (Wildman–Crippen MR) is 96.4 cm³/mol. The molecule has 1 aliphatic rings. The molecule has 1 aromatic heterocycles. The molecule has 0 radical (unpaired) electrons. The second-order valence-electron chi connectivity index (χ2n) is 6.65. The molecule has 1 saturated heterocycles. The quantitative estimate of drug-likeness (QED) is 0.650. The van der Waals surface area contributed by atoms with Gasteiger partial charge in [0.15, 0.2) is 0 Å². The topological polar surface area (TPSA) is 77.3 Å². The van der Waals surface area contributed by atoms with Crippen molar-refractivity contribution < 1.29 is 34.8 Å². The third-order valence-corrected chi connectivity index (χ3v) is 6.51. The summed E-state index contributed by atoms with van der Waals surface area (Å²) in [5.41, 5.74) is -3.06. The Morgan fingerprint density at radius 3 is 1.87 bits per heavy atom. The van der Waals surface area contributed by atoms with Crippen molar-refractivity contribution in [3.63, 3.8) is 0 Å².